The van der Waals surface area contributed by atoms with Crippen molar-refractivity contribution in [2.45, 2.75) is 13.8 Å². The lowest BCUT2D eigenvalue weighted by atomic mass is 10.1. The van der Waals surface area contributed by atoms with Crippen LogP contribution in [0.1, 0.15) is 25.1 Å². The van der Waals surface area contributed by atoms with Gasteiger partial charge in [-0.15, -0.1) is 5.73 Å². The quantitative estimate of drug-likeness (QED) is 0.693. The van der Waals surface area contributed by atoms with Gasteiger partial charge in [0.05, 0.1) is 5.69 Å². The summed E-state index contributed by atoms with van der Waals surface area (Å²) < 4.78 is 0. The van der Waals surface area contributed by atoms with E-state index in [2.05, 4.69) is 29.8 Å². The third-order valence-electron chi connectivity index (χ3n) is 2.63. The second kappa shape index (κ2) is 5.29. The van der Waals surface area contributed by atoms with Crippen molar-refractivity contribution in [2.24, 2.45) is 0 Å². The lowest BCUT2D eigenvalue weighted by Crippen LogP contribution is -1.83. The maximum Gasteiger partial charge on any atom is 0.0735 e. The number of hydrogen-bond donors (Lipinski definition) is 0. The van der Waals surface area contributed by atoms with Gasteiger partial charge in [-0.3, -0.25) is 4.98 Å². The SMILES string of the molecule is CC(=C=C(C)c1ccccn1)c1ccccc1. The third-order valence-corrected chi connectivity index (χ3v) is 2.63. The van der Waals surface area contributed by atoms with Crippen LogP contribution in [0.5, 0.6) is 0 Å². The lowest BCUT2D eigenvalue weighted by molar-refractivity contribution is 1.27. The van der Waals surface area contributed by atoms with Crippen LogP contribution in [0.4, 0.5) is 0 Å². The molecule has 0 aliphatic rings. The highest BCUT2D eigenvalue weighted by Gasteiger charge is 1.96. The number of nitrogens with zero attached hydrogens (tertiary/aromatic N) is 1. The normalized spacial score (nSPS) is 9.53. The average Bonchev–Trinajstić information content (AvgIpc) is 2.40. The van der Waals surface area contributed by atoms with Crippen LogP contribution >= 0.6 is 0 Å². The number of pyridine rings is 1. The molecule has 1 nitrogen and oxygen atoms in total. The van der Waals surface area contributed by atoms with Crippen LogP contribution < -0.4 is 0 Å². The first-order chi connectivity index (χ1) is 8.27. The van der Waals surface area contributed by atoms with Gasteiger partial charge in [0.25, 0.3) is 0 Å². The van der Waals surface area contributed by atoms with Crippen molar-refractivity contribution in [3.63, 3.8) is 0 Å². The Labute approximate surface area is 102 Å². The molecule has 0 atom stereocenters. The molecule has 2 aromatic rings. The van der Waals surface area contributed by atoms with Gasteiger partial charge in [0.15, 0.2) is 0 Å². The van der Waals surface area contributed by atoms with E-state index in [-0.39, 0.29) is 0 Å². The topological polar surface area (TPSA) is 12.9 Å². The molecule has 0 radical (unpaired) electrons. The molecule has 0 saturated carbocycles. The minimum atomic E-state index is 0.975. The minimum absolute atomic E-state index is 0.975. The number of hydrogen-bond acceptors (Lipinski definition) is 1. The predicted molar refractivity (Wildman–Crippen MR) is 72.4 cm³/mol. The van der Waals surface area contributed by atoms with Crippen molar-refractivity contribution < 1.29 is 0 Å². The van der Waals surface area contributed by atoms with Crippen LogP contribution in [-0.4, -0.2) is 4.98 Å². The summed E-state index contributed by atoms with van der Waals surface area (Å²) in [6.45, 7) is 4.11. The summed E-state index contributed by atoms with van der Waals surface area (Å²) in [6, 6.07) is 16.2. The highest BCUT2D eigenvalue weighted by atomic mass is 14.7. The maximum atomic E-state index is 4.31. The van der Waals surface area contributed by atoms with Crippen molar-refractivity contribution in [3.8, 4) is 0 Å². The van der Waals surface area contributed by atoms with Gasteiger partial charge < -0.3 is 0 Å². The molecule has 0 aliphatic carbocycles. The van der Waals surface area contributed by atoms with Crippen molar-refractivity contribution >= 4 is 11.1 Å². The standard InChI is InChI=1S/C16H15N/c1-13(15-8-4-3-5-9-15)12-14(2)16-10-6-7-11-17-16/h3-11H,1-2H3. The number of aromatic nitrogens is 1. The van der Waals surface area contributed by atoms with Crippen molar-refractivity contribution in [1.29, 1.82) is 0 Å². The Bertz CT molecular complexity index is 497. The molecule has 0 amide bonds. The molecule has 1 heteroatoms. The van der Waals surface area contributed by atoms with E-state index in [1.807, 2.05) is 43.3 Å². The highest BCUT2D eigenvalue weighted by molar-refractivity contribution is 5.71. The summed E-state index contributed by atoms with van der Waals surface area (Å²) in [7, 11) is 0. The fourth-order valence-corrected chi connectivity index (χ4v) is 1.69. The Morgan fingerprint density at radius 1 is 0.882 bits per heavy atom. The second-order valence-corrected chi connectivity index (χ2v) is 3.96. The van der Waals surface area contributed by atoms with Gasteiger partial charge in [-0.1, -0.05) is 36.4 Å². The summed E-state index contributed by atoms with van der Waals surface area (Å²) in [5.41, 5.74) is 7.75. The zero-order chi connectivity index (χ0) is 12.1. The monoisotopic (exact) mass is 221 g/mol. The Kier molecular flexibility index (Phi) is 3.54. The Hall–Kier alpha value is -2.11. The van der Waals surface area contributed by atoms with Crippen LogP contribution in [0.25, 0.3) is 11.1 Å². The van der Waals surface area contributed by atoms with E-state index in [1.54, 1.807) is 6.20 Å². The van der Waals surface area contributed by atoms with E-state index < -0.39 is 0 Å². The number of rotatable bonds is 2. The van der Waals surface area contributed by atoms with Crippen LogP contribution in [0.2, 0.25) is 0 Å². The van der Waals surface area contributed by atoms with Crippen LogP contribution in [0.15, 0.2) is 60.5 Å². The second-order valence-electron chi connectivity index (χ2n) is 3.96. The first-order valence-corrected chi connectivity index (χ1v) is 5.68. The molecule has 17 heavy (non-hydrogen) atoms. The van der Waals surface area contributed by atoms with Gasteiger partial charge in [-0.2, -0.15) is 0 Å². The van der Waals surface area contributed by atoms with Crippen molar-refractivity contribution in [1.82, 2.24) is 4.98 Å². The maximum absolute atomic E-state index is 4.31. The molecule has 1 aromatic heterocycles. The summed E-state index contributed by atoms with van der Waals surface area (Å²) in [5.74, 6) is 0. The van der Waals surface area contributed by atoms with Gasteiger partial charge in [-0.05, 0) is 37.1 Å². The molecule has 0 saturated heterocycles. The lowest BCUT2D eigenvalue weighted by Gasteiger charge is -1.99. The Morgan fingerprint density at radius 3 is 2.24 bits per heavy atom. The molecule has 1 heterocycles. The molecular weight excluding hydrogens is 206 g/mol. The molecule has 0 unspecified atom stereocenters. The molecular formula is C16H15N. The van der Waals surface area contributed by atoms with Crippen molar-refractivity contribution in [2.75, 3.05) is 0 Å². The Balaban J connectivity index is 2.42. The zero-order valence-corrected chi connectivity index (χ0v) is 10.1. The molecule has 0 N–H and O–H groups in total. The third kappa shape index (κ3) is 2.93. The fourth-order valence-electron chi connectivity index (χ4n) is 1.69. The number of benzene rings is 1. The van der Waals surface area contributed by atoms with Gasteiger partial charge in [0, 0.05) is 11.8 Å². The summed E-state index contributed by atoms with van der Waals surface area (Å²) >= 11 is 0. The fraction of sp³-hybridized carbons (Fsp3) is 0.125. The van der Waals surface area contributed by atoms with E-state index in [0.29, 0.717) is 0 Å². The zero-order valence-electron chi connectivity index (χ0n) is 10.1. The molecule has 2 rings (SSSR count). The van der Waals surface area contributed by atoms with Gasteiger partial charge in [-0.25, -0.2) is 0 Å². The summed E-state index contributed by atoms with van der Waals surface area (Å²) in [4.78, 5) is 4.31. The molecule has 0 bridgehead atoms. The van der Waals surface area contributed by atoms with E-state index in [0.717, 1.165) is 16.8 Å². The summed E-state index contributed by atoms with van der Waals surface area (Å²) in [6.07, 6.45) is 1.80. The highest BCUT2D eigenvalue weighted by Crippen LogP contribution is 2.15. The predicted octanol–water partition coefficient (Wildman–Crippen LogP) is 4.19. The van der Waals surface area contributed by atoms with Gasteiger partial charge >= 0.3 is 0 Å². The molecule has 84 valence electrons. The minimum Gasteiger partial charge on any atom is -0.256 e. The average molecular weight is 221 g/mol. The van der Waals surface area contributed by atoms with Crippen LogP contribution in [0, 0.1) is 0 Å². The van der Waals surface area contributed by atoms with E-state index in [4.69, 9.17) is 0 Å². The first kappa shape index (κ1) is 11.4. The van der Waals surface area contributed by atoms with Gasteiger partial charge in [0.2, 0.25) is 0 Å². The van der Waals surface area contributed by atoms with Crippen LogP contribution in [-0.2, 0) is 0 Å². The molecule has 0 fully saturated rings. The van der Waals surface area contributed by atoms with Gasteiger partial charge in [0.1, 0.15) is 0 Å². The van der Waals surface area contributed by atoms with E-state index >= 15 is 0 Å². The molecule has 0 spiro atoms. The number of allylic oxidation sites excluding steroid dienone is 1. The largest absolute Gasteiger partial charge is 0.256 e. The van der Waals surface area contributed by atoms with Crippen LogP contribution in [0.3, 0.4) is 0 Å². The van der Waals surface area contributed by atoms with Crippen molar-refractivity contribution in [3.05, 3.63) is 71.7 Å². The first-order valence-electron chi connectivity index (χ1n) is 5.68. The molecule has 1 aromatic carbocycles. The molecule has 0 aliphatic heterocycles. The smallest absolute Gasteiger partial charge is 0.0735 e. The van der Waals surface area contributed by atoms with E-state index in [9.17, 15) is 0 Å². The van der Waals surface area contributed by atoms with E-state index in [1.165, 1.54) is 5.56 Å². The summed E-state index contributed by atoms with van der Waals surface area (Å²) in [5, 5.41) is 0. The Morgan fingerprint density at radius 2 is 1.59 bits per heavy atom.